The average molecular weight is 439 g/mol. The van der Waals surface area contributed by atoms with Gasteiger partial charge in [-0.1, -0.05) is 53.0 Å². The van der Waals surface area contributed by atoms with Gasteiger partial charge >= 0.3 is 0 Å². The highest BCUT2D eigenvalue weighted by Crippen LogP contribution is 2.26. The minimum Gasteiger partial charge on any atom is -0.489 e. The molecule has 0 saturated heterocycles. The van der Waals surface area contributed by atoms with Gasteiger partial charge in [0.2, 0.25) is 0 Å². The summed E-state index contributed by atoms with van der Waals surface area (Å²) in [4.78, 5) is 0. The summed E-state index contributed by atoms with van der Waals surface area (Å²) in [5, 5.41) is 5.04. The van der Waals surface area contributed by atoms with Gasteiger partial charge in [0.15, 0.2) is 0 Å². The Morgan fingerprint density at radius 1 is 0.821 bits per heavy atom. The zero-order chi connectivity index (χ0) is 19.9. The van der Waals surface area contributed by atoms with Crippen LogP contribution in [0.1, 0.15) is 16.7 Å². The molecular weight excluding hydrogens is 420 g/mol. The quantitative estimate of drug-likeness (QED) is 0.395. The number of nitrogens with one attached hydrogen (secondary N) is 1. The van der Waals surface area contributed by atoms with E-state index in [4.69, 9.17) is 39.5 Å². The highest BCUT2D eigenvalue weighted by Gasteiger charge is 2.07. The third-order valence-corrected chi connectivity index (χ3v) is 5.19. The predicted octanol–water partition coefficient (Wildman–Crippen LogP) is 6.70. The van der Waals surface area contributed by atoms with Crippen LogP contribution in [0.5, 0.6) is 5.75 Å². The standard InChI is InChI=1S/C22H19Cl3FNO/c23-18-4-8-22(28-14-16-3-7-20(24)21(25)11-16)17(12-18)13-27-10-9-15-1-5-19(26)6-2-15/h1-8,11-12,27H,9-10,13-14H2. The summed E-state index contributed by atoms with van der Waals surface area (Å²) >= 11 is 18.1. The Morgan fingerprint density at radius 3 is 2.32 bits per heavy atom. The van der Waals surface area contributed by atoms with Crippen LogP contribution >= 0.6 is 34.8 Å². The first kappa shape index (κ1) is 20.9. The Balaban J connectivity index is 1.57. The molecule has 2 nitrogen and oxygen atoms in total. The lowest BCUT2D eigenvalue weighted by atomic mass is 10.1. The summed E-state index contributed by atoms with van der Waals surface area (Å²) in [5.74, 6) is 0.532. The van der Waals surface area contributed by atoms with Crippen molar-refractivity contribution in [3.05, 3.63) is 98.2 Å². The van der Waals surface area contributed by atoms with Gasteiger partial charge in [0.25, 0.3) is 0 Å². The minimum atomic E-state index is -0.223. The monoisotopic (exact) mass is 437 g/mol. The Morgan fingerprint density at radius 2 is 1.57 bits per heavy atom. The van der Waals surface area contributed by atoms with Crippen molar-refractivity contribution in [3.63, 3.8) is 0 Å². The van der Waals surface area contributed by atoms with Gasteiger partial charge in [-0.15, -0.1) is 0 Å². The van der Waals surface area contributed by atoms with Gasteiger partial charge in [0.05, 0.1) is 10.0 Å². The van der Waals surface area contributed by atoms with Crippen LogP contribution in [-0.4, -0.2) is 6.54 Å². The number of hydrogen-bond donors (Lipinski definition) is 1. The molecule has 0 amide bonds. The molecule has 0 spiro atoms. The van der Waals surface area contributed by atoms with Crippen molar-refractivity contribution >= 4 is 34.8 Å². The number of hydrogen-bond acceptors (Lipinski definition) is 2. The molecule has 3 aromatic rings. The molecule has 146 valence electrons. The second-order valence-corrected chi connectivity index (χ2v) is 7.59. The summed E-state index contributed by atoms with van der Waals surface area (Å²) in [5.41, 5.74) is 2.97. The van der Waals surface area contributed by atoms with E-state index in [9.17, 15) is 4.39 Å². The molecule has 6 heteroatoms. The van der Waals surface area contributed by atoms with Gasteiger partial charge in [0, 0.05) is 17.1 Å². The molecular formula is C22H19Cl3FNO. The fraction of sp³-hybridized carbons (Fsp3) is 0.182. The van der Waals surface area contributed by atoms with Crippen molar-refractivity contribution in [2.24, 2.45) is 0 Å². The Hall–Kier alpha value is -1.78. The van der Waals surface area contributed by atoms with Crippen LogP contribution in [0.15, 0.2) is 60.7 Å². The maximum atomic E-state index is 13.0. The van der Waals surface area contributed by atoms with E-state index in [0.717, 1.165) is 35.4 Å². The van der Waals surface area contributed by atoms with E-state index in [1.807, 2.05) is 18.2 Å². The first-order chi connectivity index (χ1) is 13.5. The highest BCUT2D eigenvalue weighted by molar-refractivity contribution is 6.42. The number of rotatable bonds is 8. The van der Waals surface area contributed by atoms with Gasteiger partial charge in [-0.2, -0.15) is 0 Å². The van der Waals surface area contributed by atoms with Crippen LogP contribution in [0, 0.1) is 5.82 Å². The zero-order valence-corrected chi connectivity index (χ0v) is 17.3. The Bertz CT molecular complexity index is 932. The van der Waals surface area contributed by atoms with Crippen molar-refractivity contribution in [1.29, 1.82) is 0 Å². The predicted molar refractivity (Wildman–Crippen MR) is 114 cm³/mol. The van der Waals surface area contributed by atoms with E-state index in [1.54, 1.807) is 30.3 Å². The molecule has 0 atom stereocenters. The number of halogens is 4. The molecule has 0 heterocycles. The lowest BCUT2D eigenvalue weighted by Crippen LogP contribution is -2.17. The van der Waals surface area contributed by atoms with Gasteiger partial charge < -0.3 is 10.1 Å². The van der Waals surface area contributed by atoms with Crippen LogP contribution in [0.25, 0.3) is 0 Å². The third-order valence-electron chi connectivity index (χ3n) is 4.22. The third kappa shape index (κ3) is 6.11. The maximum Gasteiger partial charge on any atom is 0.124 e. The fourth-order valence-electron chi connectivity index (χ4n) is 2.72. The Labute approximate surface area is 179 Å². The van der Waals surface area contributed by atoms with Crippen molar-refractivity contribution in [2.45, 2.75) is 19.6 Å². The van der Waals surface area contributed by atoms with E-state index >= 15 is 0 Å². The maximum absolute atomic E-state index is 13.0. The van der Waals surface area contributed by atoms with Crippen molar-refractivity contribution in [3.8, 4) is 5.75 Å². The van der Waals surface area contributed by atoms with E-state index in [0.29, 0.717) is 28.2 Å². The fourth-order valence-corrected chi connectivity index (χ4v) is 3.24. The summed E-state index contributed by atoms with van der Waals surface area (Å²) < 4.78 is 18.9. The van der Waals surface area contributed by atoms with Crippen molar-refractivity contribution in [2.75, 3.05) is 6.54 Å². The SMILES string of the molecule is Fc1ccc(CCNCc2cc(Cl)ccc2OCc2ccc(Cl)c(Cl)c2)cc1. The van der Waals surface area contributed by atoms with Gasteiger partial charge in [0.1, 0.15) is 18.2 Å². The molecule has 3 rings (SSSR count). The van der Waals surface area contributed by atoms with Crippen molar-refractivity contribution < 1.29 is 9.13 Å². The molecule has 0 bridgehead atoms. The molecule has 0 aromatic heterocycles. The molecule has 1 N–H and O–H groups in total. The van der Waals surface area contributed by atoms with Crippen molar-refractivity contribution in [1.82, 2.24) is 5.32 Å². The minimum absolute atomic E-state index is 0.223. The van der Waals surface area contributed by atoms with E-state index in [2.05, 4.69) is 5.32 Å². The zero-order valence-electron chi connectivity index (χ0n) is 15.0. The van der Waals surface area contributed by atoms with E-state index < -0.39 is 0 Å². The molecule has 0 aliphatic carbocycles. The average Bonchev–Trinajstić information content (AvgIpc) is 2.68. The molecule has 0 aliphatic rings. The van der Waals surface area contributed by atoms with Crippen LogP contribution < -0.4 is 10.1 Å². The molecule has 0 unspecified atom stereocenters. The number of ether oxygens (including phenoxy) is 1. The second-order valence-electron chi connectivity index (χ2n) is 6.34. The van der Waals surface area contributed by atoms with Crippen LogP contribution in [-0.2, 0) is 19.6 Å². The van der Waals surface area contributed by atoms with Gasteiger partial charge in [-0.25, -0.2) is 4.39 Å². The van der Waals surface area contributed by atoms with Gasteiger partial charge in [-0.3, -0.25) is 0 Å². The summed E-state index contributed by atoms with van der Waals surface area (Å²) in [7, 11) is 0. The molecule has 0 fully saturated rings. The van der Waals surface area contributed by atoms with Crippen LogP contribution in [0.4, 0.5) is 4.39 Å². The summed E-state index contributed by atoms with van der Waals surface area (Å²) in [6, 6.07) is 17.5. The van der Waals surface area contributed by atoms with Crippen LogP contribution in [0.3, 0.4) is 0 Å². The van der Waals surface area contributed by atoms with Crippen LogP contribution in [0.2, 0.25) is 15.1 Å². The Kier molecular flexibility index (Phi) is 7.57. The number of benzene rings is 3. The molecule has 28 heavy (non-hydrogen) atoms. The molecule has 0 radical (unpaired) electrons. The highest BCUT2D eigenvalue weighted by atomic mass is 35.5. The lowest BCUT2D eigenvalue weighted by molar-refractivity contribution is 0.302. The normalized spacial score (nSPS) is 10.9. The largest absolute Gasteiger partial charge is 0.489 e. The summed E-state index contributed by atoms with van der Waals surface area (Å²) in [6.07, 6.45) is 0.806. The molecule has 0 aliphatic heterocycles. The molecule has 3 aromatic carbocycles. The topological polar surface area (TPSA) is 21.3 Å². The second kappa shape index (κ2) is 10.1. The smallest absolute Gasteiger partial charge is 0.124 e. The summed E-state index contributed by atoms with van der Waals surface area (Å²) in [6.45, 7) is 1.74. The van der Waals surface area contributed by atoms with E-state index in [1.165, 1.54) is 12.1 Å². The lowest BCUT2D eigenvalue weighted by Gasteiger charge is -2.13. The molecule has 0 saturated carbocycles. The van der Waals surface area contributed by atoms with E-state index in [-0.39, 0.29) is 5.82 Å². The van der Waals surface area contributed by atoms with Gasteiger partial charge in [-0.05, 0) is 66.6 Å². The first-order valence-electron chi connectivity index (χ1n) is 8.81. The first-order valence-corrected chi connectivity index (χ1v) is 9.95.